The SMILES string of the molecule is Cc1cc(C)c(N=Cc2cc3c(cc2O)C2CCC3C2)c(N=Cc2cc3c(cc2O)C2CCC3C2)c1.N#Cc1ccc(N=Cc2cc3c(cc2O)C2CCC3C2)c(N=Cc2cc3c(cc2O)C2CCC3C2)c1.Oc1cc2c(cc1C=Nc1ccc(Br)cc1N=Cc1cc3c(cc1O)C1CCC3C1)C1CCC2C1.Oc1cc2c(cc1C=Nc1ccc(I)cc1N=Cc1cc3c(cc1O)C1CCC3C1)C1CCC2C1.[Pt].[Pt].[Pt].[Pt]. The first-order valence-corrected chi connectivity index (χ1v) is 53.5. The Labute approximate surface area is 931 Å². The van der Waals surface area contributed by atoms with E-state index in [2.05, 4.69) is 116 Å². The van der Waals surface area contributed by atoms with Gasteiger partial charge < -0.3 is 40.9 Å². The quantitative estimate of drug-likeness (QED) is 0.0337. The van der Waals surface area contributed by atoms with Crippen molar-refractivity contribution in [1.82, 2.24) is 0 Å². The molecule has 16 aliphatic carbocycles. The second kappa shape index (κ2) is 41.6. The first kappa shape index (κ1) is 102. The molecule has 8 N–H and O–H groups in total. The van der Waals surface area contributed by atoms with Gasteiger partial charge in [0.05, 0.1) is 57.1 Å². The number of hydrogen-bond donors (Lipinski definition) is 8. The summed E-state index contributed by atoms with van der Waals surface area (Å²) in [5.74, 6) is 12.1. The number of phenols is 8. The van der Waals surface area contributed by atoms with E-state index < -0.39 is 0 Å². The summed E-state index contributed by atoms with van der Waals surface area (Å²) in [6.45, 7) is 4.11. The van der Waals surface area contributed by atoms with Crippen molar-refractivity contribution >= 4 is 134 Å². The third-order valence-electron chi connectivity index (χ3n) is 35.5. The van der Waals surface area contributed by atoms with Crippen molar-refractivity contribution in [3.63, 3.8) is 0 Å². The van der Waals surface area contributed by atoms with Gasteiger partial charge in [0.15, 0.2) is 0 Å². The van der Waals surface area contributed by atoms with E-state index in [1.54, 1.807) is 67.9 Å². The van der Waals surface area contributed by atoms with E-state index in [0.29, 0.717) is 163 Å². The number of hydrogen-bond acceptors (Lipinski definition) is 17. The fourth-order valence-corrected chi connectivity index (χ4v) is 29.3. The molecule has 28 rings (SSSR count). The van der Waals surface area contributed by atoms with Crippen molar-refractivity contribution in [3.8, 4) is 52.1 Å². The number of nitrogens with zero attached hydrogens (tertiary/aromatic N) is 9. The first-order valence-electron chi connectivity index (χ1n) is 51.6. The van der Waals surface area contributed by atoms with Crippen LogP contribution >= 0.6 is 38.5 Å². The Morgan fingerprint density at radius 1 is 0.247 bits per heavy atom. The molecule has 12 aromatic carbocycles. The third kappa shape index (κ3) is 19.2. The number of benzene rings is 12. The molecule has 17 nitrogen and oxygen atoms in total. The van der Waals surface area contributed by atoms with Crippen LogP contribution in [0.25, 0.3) is 0 Å². The van der Waals surface area contributed by atoms with Gasteiger partial charge >= 0.3 is 0 Å². The fourth-order valence-electron chi connectivity index (χ4n) is 28.5. The molecular weight excluding hydrogens is 2720 g/mol. The summed E-state index contributed by atoms with van der Waals surface area (Å²) in [6.07, 6.45) is 43.5. The molecular formula is C123H113BrIN9O8Pt4. The summed E-state index contributed by atoms with van der Waals surface area (Å²) in [4.78, 5) is 37.8. The number of aryl methyl sites for hydroxylation is 2. The molecule has 146 heavy (non-hydrogen) atoms. The van der Waals surface area contributed by atoms with Crippen molar-refractivity contribution in [2.45, 2.75) is 263 Å². The van der Waals surface area contributed by atoms with E-state index in [-0.39, 0.29) is 102 Å². The molecule has 16 unspecified atom stereocenters. The zero-order valence-electron chi connectivity index (χ0n) is 81.0. The van der Waals surface area contributed by atoms with Gasteiger partial charge in [-0.3, -0.25) is 39.9 Å². The van der Waals surface area contributed by atoms with Gasteiger partial charge in [0.1, 0.15) is 46.0 Å². The van der Waals surface area contributed by atoms with E-state index in [1.165, 1.54) is 243 Å². The smallest absolute Gasteiger partial charge is 0.124 e. The van der Waals surface area contributed by atoms with E-state index in [0.717, 1.165) is 75.3 Å². The van der Waals surface area contributed by atoms with Crippen molar-refractivity contribution in [1.29, 1.82) is 5.26 Å². The molecule has 0 aromatic heterocycles. The summed E-state index contributed by atoms with van der Waals surface area (Å²) in [5, 5.41) is 94.8. The molecule has 12 aromatic rings. The van der Waals surface area contributed by atoms with Crippen LogP contribution in [0.4, 0.5) is 45.5 Å². The van der Waals surface area contributed by atoms with Gasteiger partial charge in [-0.25, -0.2) is 0 Å². The Balaban J connectivity index is 0.000000113. The number of halogens is 2. The minimum Gasteiger partial charge on any atom is -0.507 e. The maximum absolute atomic E-state index is 10.7. The largest absolute Gasteiger partial charge is 0.507 e. The van der Waals surface area contributed by atoms with E-state index in [9.17, 15) is 46.1 Å². The first-order chi connectivity index (χ1) is 69.1. The van der Waals surface area contributed by atoms with Crippen LogP contribution in [-0.4, -0.2) is 90.6 Å². The van der Waals surface area contributed by atoms with Crippen molar-refractivity contribution in [3.05, 3.63) is 322 Å². The molecule has 8 saturated carbocycles. The molecule has 0 saturated heterocycles. The Morgan fingerprint density at radius 3 is 0.705 bits per heavy atom. The zero-order valence-corrected chi connectivity index (χ0v) is 93.9. The van der Waals surface area contributed by atoms with E-state index >= 15 is 0 Å². The minimum atomic E-state index is 0. The van der Waals surface area contributed by atoms with Crippen molar-refractivity contribution < 1.29 is 125 Å². The molecule has 23 heteroatoms. The summed E-state index contributed by atoms with van der Waals surface area (Å²) in [5.41, 5.74) is 35.8. The van der Waals surface area contributed by atoms with Gasteiger partial charge in [-0.1, -0.05) is 22.0 Å². The predicted octanol–water partition coefficient (Wildman–Crippen LogP) is 31.2. The number of aromatic hydroxyl groups is 8. The molecule has 0 spiro atoms. The number of fused-ring (bicyclic) bond motifs is 40. The van der Waals surface area contributed by atoms with E-state index in [1.807, 2.05) is 97.9 Å². The topological polar surface area (TPSA) is 285 Å². The van der Waals surface area contributed by atoms with Gasteiger partial charge in [-0.05, 0) is 543 Å². The minimum absolute atomic E-state index is 0. The second-order valence-electron chi connectivity index (χ2n) is 43.6. The molecule has 16 aliphatic rings. The number of phenolic OH excluding ortho intramolecular Hbond substituents is 8. The fraction of sp³-hybridized carbons (Fsp3) is 0.341. The van der Waals surface area contributed by atoms with E-state index in [4.69, 9.17) is 30.0 Å². The van der Waals surface area contributed by atoms with Crippen LogP contribution in [0, 0.1) is 28.7 Å². The maximum Gasteiger partial charge on any atom is 0.124 e. The Bertz CT molecular complexity index is 7420. The van der Waals surface area contributed by atoms with Crippen LogP contribution in [0.5, 0.6) is 46.0 Å². The Kier molecular flexibility index (Phi) is 29.0. The third-order valence-corrected chi connectivity index (χ3v) is 36.7. The molecule has 0 radical (unpaired) electrons. The van der Waals surface area contributed by atoms with Gasteiger partial charge in [0, 0.05) is 187 Å². The van der Waals surface area contributed by atoms with Gasteiger partial charge in [-0.2, -0.15) is 5.26 Å². The summed E-state index contributed by atoms with van der Waals surface area (Å²) in [6, 6.07) is 55.8. The zero-order chi connectivity index (χ0) is 96.3. The number of rotatable bonds is 16. The van der Waals surface area contributed by atoms with Gasteiger partial charge in [0.2, 0.25) is 0 Å². The van der Waals surface area contributed by atoms with Gasteiger partial charge in [-0.15, -0.1) is 0 Å². The normalized spacial score (nSPS) is 24.8. The number of aliphatic imine (C=N–C) groups is 8. The van der Waals surface area contributed by atoms with Crippen LogP contribution in [-0.2, 0) is 84.3 Å². The monoisotopic (exact) mass is 2830 g/mol. The van der Waals surface area contributed by atoms with Crippen LogP contribution in [0.3, 0.4) is 0 Å². The molecule has 752 valence electrons. The molecule has 8 fully saturated rings. The Hall–Kier alpha value is -10.1. The molecule has 16 bridgehead atoms. The van der Waals surface area contributed by atoms with Gasteiger partial charge in [0.25, 0.3) is 0 Å². The standard InChI is InChI=1S/C32H32N2O2.C31H27N3O2.C30H27BrN2O2.C30H27IN2O2.4Pt/c1-17-7-18(2)32(34-16-24-12-26-20-4-6-22(10-20)28(26)14-31(24)36)29(8-17)33-15-23-11-25-19-3-5-21(9-19)27(25)13-30(23)35;32-14-17-1-6-28(33-15-22-10-24-18-2-4-20(8-18)26(24)12-30(22)35)29(7-17)34-16-23-11-25-19-3-5-21(9-19)27(25)13-31(23)36;2*31-22-5-6-27(32-14-20-9-23-16-1-3-18(7-16)25(23)12-29(20)34)28(11-22)33-15-21-10-24-17-2-4-19(8-17)26(24)13-30(21)35;;;;/h7-8,11-16,19-22,35-36H,3-6,9-10H2,1-2H3;1,6-7,10-13,15-16,18-21,35-36H,2-5,8-9H2;2*5-6,9-19,34-35H,1-4,7-8H2;;;;. The number of nitriles is 1. The van der Waals surface area contributed by atoms with Crippen LogP contribution in [0.1, 0.15) is 399 Å². The van der Waals surface area contributed by atoms with Crippen LogP contribution in [0.15, 0.2) is 208 Å². The van der Waals surface area contributed by atoms with Crippen LogP contribution in [0.2, 0.25) is 0 Å². The second-order valence-corrected chi connectivity index (χ2v) is 45.7. The van der Waals surface area contributed by atoms with Crippen LogP contribution < -0.4 is 0 Å². The molecule has 0 amide bonds. The maximum atomic E-state index is 10.7. The Morgan fingerprint density at radius 2 is 0.452 bits per heavy atom. The molecule has 16 atom stereocenters. The molecule has 0 heterocycles. The predicted molar refractivity (Wildman–Crippen MR) is 578 cm³/mol. The van der Waals surface area contributed by atoms with Crippen molar-refractivity contribution in [2.75, 3.05) is 0 Å². The average Bonchev–Trinajstić information content (AvgIpc) is 1.64. The van der Waals surface area contributed by atoms with Crippen molar-refractivity contribution in [2.24, 2.45) is 39.9 Å². The summed E-state index contributed by atoms with van der Waals surface area (Å²) < 4.78 is 1.98. The summed E-state index contributed by atoms with van der Waals surface area (Å²) >= 11 is 5.82. The average molecular weight is 2830 g/mol. The molecule has 0 aliphatic heterocycles. The summed E-state index contributed by atoms with van der Waals surface area (Å²) in [7, 11) is 0.